The molecule has 0 spiro atoms. The molecule has 0 radical (unpaired) electrons. The number of rotatable bonds is 7. The summed E-state index contributed by atoms with van der Waals surface area (Å²) in [4.78, 5) is 32.5. The molecule has 1 aliphatic rings. The second-order valence-corrected chi connectivity index (χ2v) is 7.79. The van der Waals surface area contributed by atoms with E-state index in [-0.39, 0.29) is 17.9 Å². The highest BCUT2D eigenvalue weighted by atomic mass is 32.1. The van der Waals surface area contributed by atoms with Crippen LogP contribution in [0.2, 0.25) is 0 Å². The van der Waals surface area contributed by atoms with Crippen LogP contribution >= 0.6 is 11.3 Å². The molecule has 0 saturated heterocycles. The lowest BCUT2D eigenvalue weighted by atomic mass is 10.1. The van der Waals surface area contributed by atoms with Crippen molar-refractivity contribution < 1.29 is 14.7 Å². The van der Waals surface area contributed by atoms with Crippen molar-refractivity contribution in [2.75, 3.05) is 7.05 Å². The number of aliphatic hydroxyl groups excluding tert-OH is 1. The van der Waals surface area contributed by atoms with Gasteiger partial charge in [-0.1, -0.05) is 13.8 Å². The highest BCUT2D eigenvalue weighted by Gasteiger charge is 2.42. The maximum absolute atomic E-state index is 12.9. The minimum atomic E-state index is -0.882. The first-order valence-electron chi connectivity index (χ1n) is 8.38. The van der Waals surface area contributed by atoms with E-state index < -0.39 is 12.1 Å². The molecule has 1 heterocycles. The van der Waals surface area contributed by atoms with E-state index in [4.69, 9.17) is 0 Å². The second kappa shape index (κ2) is 7.61. The molecule has 0 aromatic carbocycles. The van der Waals surface area contributed by atoms with Gasteiger partial charge in [0.25, 0.3) is 0 Å². The van der Waals surface area contributed by atoms with Gasteiger partial charge in [0.15, 0.2) is 5.78 Å². The lowest BCUT2D eigenvalue weighted by Gasteiger charge is -2.35. The van der Waals surface area contributed by atoms with Gasteiger partial charge in [0.1, 0.15) is 6.04 Å². The van der Waals surface area contributed by atoms with Crippen molar-refractivity contribution >= 4 is 23.2 Å². The number of aliphatic hydroxyl groups is 1. The lowest BCUT2D eigenvalue weighted by molar-refractivity contribution is -0.125. The Bertz CT molecular complexity index is 596. The van der Waals surface area contributed by atoms with Crippen LogP contribution in [-0.4, -0.2) is 56.9 Å². The van der Waals surface area contributed by atoms with Gasteiger partial charge in [0.05, 0.1) is 23.4 Å². The molecule has 24 heavy (non-hydrogen) atoms. The molecule has 1 aromatic rings. The summed E-state index contributed by atoms with van der Waals surface area (Å²) in [6.45, 7) is 7.56. The quantitative estimate of drug-likeness (QED) is 0.818. The average molecular weight is 353 g/mol. The van der Waals surface area contributed by atoms with Crippen LogP contribution in [0, 0.1) is 0 Å². The summed E-state index contributed by atoms with van der Waals surface area (Å²) in [5.74, 6) is 0.180. The normalized spacial score (nSPS) is 16.8. The predicted molar refractivity (Wildman–Crippen MR) is 94.1 cm³/mol. The van der Waals surface area contributed by atoms with E-state index >= 15 is 0 Å². The van der Waals surface area contributed by atoms with Gasteiger partial charge in [0, 0.05) is 24.4 Å². The highest BCUT2D eigenvalue weighted by molar-refractivity contribution is 7.09. The van der Waals surface area contributed by atoms with Crippen LogP contribution < -0.4 is 0 Å². The Balaban J connectivity index is 2.12. The molecule has 0 bridgehead atoms. The summed E-state index contributed by atoms with van der Waals surface area (Å²) < 4.78 is 0. The minimum absolute atomic E-state index is 0.0464. The van der Waals surface area contributed by atoms with E-state index in [1.54, 1.807) is 35.1 Å². The summed E-state index contributed by atoms with van der Waals surface area (Å²) >= 11 is 1.60. The zero-order valence-corrected chi connectivity index (χ0v) is 15.8. The fraction of sp³-hybridized carbons (Fsp3) is 0.706. The molecule has 2 amide bonds. The Hall–Kier alpha value is -1.47. The largest absolute Gasteiger partial charge is 0.391 e. The van der Waals surface area contributed by atoms with Gasteiger partial charge in [-0.05, 0) is 26.7 Å². The highest BCUT2D eigenvalue weighted by Crippen LogP contribution is 2.31. The summed E-state index contributed by atoms with van der Waals surface area (Å²) in [6.07, 6.45) is 0.876. The number of thiazole rings is 1. The monoisotopic (exact) mass is 353 g/mol. The fourth-order valence-corrected chi connectivity index (χ4v) is 3.62. The molecule has 0 aliphatic heterocycles. The van der Waals surface area contributed by atoms with Crippen molar-refractivity contribution in [1.82, 2.24) is 14.8 Å². The average Bonchev–Trinajstić information content (AvgIpc) is 3.21. The Morgan fingerprint density at radius 1 is 1.38 bits per heavy atom. The van der Waals surface area contributed by atoms with E-state index in [0.717, 1.165) is 23.5 Å². The number of Topliss-reactive ketones (excluding diaryl/α,β-unsaturated/α-hetero) is 1. The zero-order chi connectivity index (χ0) is 18.0. The lowest BCUT2D eigenvalue weighted by Crippen LogP contribution is -2.54. The van der Waals surface area contributed by atoms with E-state index in [9.17, 15) is 14.7 Å². The molecular formula is C17H27N3O3S. The summed E-state index contributed by atoms with van der Waals surface area (Å²) in [5, 5.41) is 13.0. The van der Waals surface area contributed by atoms with Crippen molar-refractivity contribution in [3.8, 4) is 0 Å². The first-order chi connectivity index (χ1) is 11.2. The summed E-state index contributed by atoms with van der Waals surface area (Å²) in [7, 11) is 1.71. The summed E-state index contributed by atoms with van der Waals surface area (Å²) in [5.41, 5.74) is 0.853. The number of urea groups is 1. The first kappa shape index (κ1) is 18.9. The number of amides is 2. The number of aromatic nitrogens is 1. The second-order valence-electron chi connectivity index (χ2n) is 6.90. The minimum Gasteiger partial charge on any atom is -0.391 e. The van der Waals surface area contributed by atoms with E-state index in [2.05, 4.69) is 18.8 Å². The topological polar surface area (TPSA) is 73.7 Å². The van der Waals surface area contributed by atoms with Gasteiger partial charge in [-0.25, -0.2) is 9.78 Å². The van der Waals surface area contributed by atoms with Gasteiger partial charge in [-0.3, -0.25) is 4.79 Å². The zero-order valence-electron chi connectivity index (χ0n) is 15.0. The Labute approximate surface area is 147 Å². The third-order valence-electron chi connectivity index (χ3n) is 4.12. The standard InChI is InChI=1S/C17H27N3O3S/c1-10(2)16-18-13(9-24-16)8-19(5)17(23)20(14-6-7-14)15(11(3)21)12(4)22/h9-11,14-15,21H,6-8H2,1-5H3. The van der Waals surface area contributed by atoms with Crippen molar-refractivity contribution in [2.45, 2.75) is 71.2 Å². The number of hydrogen-bond donors (Lipinski definition) is 1. The van der Waals surface area contributed by atoms with Crippen LogP contribution in [0.3, 0.4) is 0 Å². The molecule has 2 unspecified atom stereocenters. The Kier molecular flexibility index (Phi) is 5.98. The molecule has 7 heteroatoms. The van der Waals surface area contributed by atoms with E-state index in [0.29, 0.717) is 12.5 Å². The number of carbonyl (C=O) groups excluding carboxylic acids is 2. The van der Waals surface area contributed by atoms with Gasteiger partial charge < -0.3 is 14.9 Å². The van der Waals surface area contributed by atoms with Gasteiger partial charge in [0.2, 0.25) is 0 Å². The first-order valence-corrected chi connectivity index (χ1v) is 9.26. The predicted octanol–water partition coefficient (Wildman–Crippen LogP) is 2.62. The molecule has 1 aromatic heterocycles. The van der Waals surface area contributed by atoms with E-state index in [1.807, 2.05) is 5.38 Å². The summed E-state index contributed by atoms with van der Waals surface area (Å²) in [6, 6.07) is -0.961. The number of nitrogens with zero attached hydrogens (tertiary/aromatic N) is 3. The molecule has 2 atom stereocenters. The molecule has 2 rings (SSSR count). The smallest absolute Gasteiger partial charge is 0.321 e. The van der Waals surface area contributed by atoms with Crippen LogP contribution in [0.1, 0.15) is 57.2 Å². The van der Waals surface area contributed by atoms with Crippen molar-refractivity contribution in [3.05, 3.63) is 16.1 Å². The molecule has 1 saturated carbocycles. The Morgan fingerprint density at radius 3 is 2.42 bits per heavy atom. The van der Waals surface area contributed by atoms with Crippen LogP contribution in [-0.2, 0) is 11.3 Å². The van der Waals surface area contributed by atoms with Crippen molar-refractivity contribution in [3.63, 3.8) is 0 Å². The maximum Gasteiger partial charge on any atom is 0.321 e. The molecular weight excluding hydrogens is 326 g/mol. The van der Waals surface area contributed by atoms with Crippen molar-refractivity contribution in [1.29, 1.82) is 0 Å². The molecule has 134 valence electrons. The van der Waals surface area contributed by atoms with E-state index in [1.165, 1.54) is 6.92 Å². The van der Waals surface area contributed by atoms with Crippen LogP contribution in [0.4, 0.5) is 4.79 Å². The third-order valence-corrected chi connectivity index (χ3v) is 5.32. The van der Waals surface area contributed by atoms with Crippen molar-refractivity contribution in [2.24, 2.45) is 0 Å². The van der Waals surface area contributed by atoms with Gasteiger partial charge >= 0.3 is 6.03 Å². The molecule has 1 aliphatic carbocycles. The van der Waals surface area contributed by atoms with Crippen LogP contribution in [0.15, 0.2) is 5.38 Å². The van der Waals surface area contributed by atoms with Crippen LogP contribution in [0.25, 0.3) is 0 Å². The molecule has 6 nitrogen and oxygen atoms in total. The number of ketones is 1. The molecule has 1 fully saturated rings. The third kappa shape index (κ3) is 4.33. The SMILES string of the molecule is CC(=O)C(C(C)O)N(C(=O)N(C)Cc1csc(C(C)C)n1)C1CC1. The van der Waals surface area contributed by atoms with Crippen LogP contribution in [0.5, 0.6) is 0 Å². The Morgan fingerprint density at radius 2 is 2.00 bits per heavy atom. The number of carbonyl (C=O) groups is 2. The van der Waals surface area contributed by atoms with Gasteiger partial charge in [-0.15, -0.1) is 11.3 Å². The maximum atomic E-state index is 12.9. The fourth-order valence-electron chi connectivity index (χ4n) is 2.79. The molecule has 1 N–H and O–H groups in total. The van der Waals surface area contributed by atoms with Gasteiger partial charge in [-0.2, -0.15) is 0 Å². The number of hydrogen-bond acceptors (Lipinski definition) is 5.